The van der Waals surface area contributed by atoms with Gasteiger partial charge in [-0.2, -0.15) is 5.26 Å². The fourth-order valence-electron chi connectivity index (χ4n) is 1.98. The third-order valence-corrected chi connectivity index (χ3v) is 2.89. The minimum atomic E-state index is -0.431. The van der Waals surface area contributed by atoms with Gasteiger partial charge in [-0.05, 0) is 51.1 Å². The zero-order valence-corrected chi connectivity index (χ0v) is 13.2. The van der Waals surface area contributed by atoms with Gasteiger partial charge >= 0.3 is 0 Å². The number of ether oxygens (including phenoxy) is 1. The summed E-state index contributed by atoms with van der Waals surface area (Å²) in [5.74, 6) is 1.03. The molecule has 0 aliphatic rings. The van der Waals surface area contributed by atoms with Crippen LogP contribution < -0.4 is 10.1 Å². The van der Waals surface area contributed by atoms with Crippen molar-refractivity contribution in [3.05, 3.63) is 58.1 Å². The number of benzene rings is 2. The van der Waals surface area contributed by atoms with Gasteiger partial charge in [0.05, 0.1) is 16.6 Å². The molecule has 0 bridgehead atoms. The highest BCUT2D eigenvalue weighted by molar-refractivity contribution is 5.65. The SMILES string of the molecule is CC(C)(C)Nc1cc(Oc2ccc(C#N)cc2)ccc1[N+](=O)[O-]. The molecule has 6 nitrogen and oxygen atoms in total. The minimum Gasteiger partial charge on any atom is -0.457 e. The average molecular weight is 311 g/mol. The van der Waals surface area contributed by atoms with E-state index in [9.17, 15) is 10.1 Å². The highest BCUT2D eigenvalue weighted by atomic mass is 16.6. The van der Waals surface area contributed by atoms with Crippen LogP contribution in [0.25, 0.3) is 0 Å². The van der Waals surface area contributed by atoms with E-state index in [2.05, 4.69) is 5.32 Å². The number of hydrogen-bond acceptors (Lipinski definition) is 5. The maximum atomic E-state index is 11.1. The van der Waals surface area contributed by atoms with E-state index in [-0.39, 0.29) is 11.2 Å². The molecule has 2 aromatic carbocycles. The molecule has 118 valence electrons. The number of nitrogens with zero attached hydrogens (tertiary/aromatic N) is 2. The number of anilines is 1. The first-order chi connectivity index (χ1) is 10.8. The van der Waals surface area contributed by atoms with Crippen LogP contribution in [0.15, 0.2) is 42.5 Å². The van der Waals surface area contributed by atoms with E-state index in [1.165, 1.54) is 6.07 Å². The molecular weight excluding hydrogens is 294 g/mol. The van der Waals surface area contributed by atoms with E-state index < -0.39 is 4.92 Å². The molecule has 0 unspecified atom stereocenters. The monoisotopic (exact) mass is 311 g/mol. The first-order valence-electron chi connectivity index (χ1n) is 7.03. The summed E-state index contributed by atoms with van der Waals surface area (Å²) in [6.45, 7) is 5.76. The van der Waals surface area contributed by atoms with Crippen molar-refractivity contribution in [1.82, 2.24) is 0 Å². The fourth-order valence-corrected chi connectivity index (χ4v) is 1.98. The van der Waals surface area contributed by atoms with Crippen molar-refractivity contribution in [2.24, 2.45) is 0 Å². The Kier molecular flexibility index (Phi) is 4.51. The molecule has 6 heteroatoms. The summed E-state index contributed by atoms with van der Waals surface area (Å²) < 4.78 is 5.70. The Hall–Kier alpha value is -3.07. The van der Waals surface area contributed by atoms with Gasteiger partial charge in [-0.1, -0.05) is 0 Å². The molecule has 0 radical (unpaired) electrons. The van der Waals surface area contributed by atoms with Gasteiger partial charge in [-0.25, -0.2) is 0 Å². The Morgan fingerprint density at radius 3 is 2.26 bits per heavy atom. The quantitative estimate of drug-likeness (QED) is 0.664. The van der Waals surface area contributed by atoms with Gasteiger partial charge in [-0.15, -0.1) is 0 Å². The molecule has 0 saturated carbocycles. The predicted molar refractivity (Wildman–Crippen MR) is 87.7 cm³/mol. The highest BCUT2D eigenvalue weighted by Gasteiger charge is 2.19. The second kappa shape index (κ2) is 6.36. The summed E-state index contributed by atoms with van der Waals surface area (Å²) in [6, 6.07) is 13.2. The topological polar surface area (TPSA) is 88.2 Å². The van der Waals surface area contributed by atoms with Crippen molar-refractivity contribution in [2.75, 3.05) is 5.32 Å². The standard InChI is InChI=1S/C17H17N3O3/c1-17(2,3)19-15-10-14(8-9-16(15)20(21)22)23-13-6-4-12(11-18)5-7-13/h4-10,19H,1-3H3. The fraction of sp³-hybridized carbons (Fsp3) is 0.235. The molecule has 0 aromatic heterocycles. The molecule has 0 saturated heterocycles. The lowest BCUT2D eigenvalue weighted by Gasteiger charge is -2.22. The molecular formula is C17H17N3O3. The number of nitro benzene ring substituents is 1. The van der Waals surface area contributed by atoms with Gasteiger partial charge < -0.3 is 10.1 Å². The molecule has 23 heavy (non-hydrogen) atoms. The lowest BCUT2D eigenvalue weighted by Crippen LogP contribution is -2.26. The summed E-state index contributed by atoms with van der Waals surface area (Å²) in [6.07, 6.45) is 0. The lowest BCUT2D eigenvalue weighted by atomic mass is 10.1. The number of nitriles is 1. The van der Waals surface area contributed by atoms with Crippen LogP contribution in [-0.4, -0.2) is 10.5 Å². The Bertz CT molecular complexity index is 756. The van der Waals surface area contributed by atoms with Crippen molar-refractivity contribution in [3.63, 3.8) is 0 Å². The summed E-state index contributed by atoms with van der Waals surface area (Å²) >= 11 is 0. The number of nitro groups is 1. The highest BCUT2D eigenvalue weighted by Crippen LogP contribution is 2.33. The van der Waals surface area contributed by atoms with Crippen LogP contribution in [0.5, 0.6) is 11.5 Å². The zero-order valence-electron chi connectivity index (χ0n) is 13.2. The van der Waals surface area contributed by atoms with Crippen molar-refractivity contribution in [3.8, 4) is 17.6 Å². The van der Waals surface area contributed by atoms with Gasteiger partial charge in [-0.3, -0.25) is 10.1 Å². The van der Waals surface area contributed by atoms with Crippen LogP contribution in [0, 0.1) is 21.4 Å². The summed E-state index contributed by atoms with van der Waals surface area (Å²) in [5.41, 5.74) is 0.606. The minimum absolute atomic E-state index is 0.00731. The first kappa shape index (κ1) is 16.3. The van der Waals surface area contributed by atoms with E-state index in [4.69, 9.17) is 10.00 Å². The molecule has 0 heterocycles. The van der Waals surface area contributed by atoms with Crippen LogP contribution >= 0.6 is 0 Å². The Morgan fingerprint density at radius 2 is 1.74 bits per heavy atom. The third-order valence-electron chi connectivity index (χ3n) is 2.89. The van der Waals surface area contributed by atoms with Gasteiger partial charge in [0, 0.05) is 17.7 Å². The van der Waals surface area contributed by atoms with Crippen LogP contribution in [0.4, 0.5) is 11.4 Å². The first-order valence-corrected chi connectivity index (χ1v) is 7.03. The molecule has 2 rings (SSSR count). The van der Waals surface area contributed by atoms with E-state index in [1.54, 1.807) is 36.4 Å². The lowest BCUT2D eigenvalue weighted by molar-refractivity contribution is -0.384. The van der Waals surface area contributed by atoms with Crippen molar-refractivity contribution in [1.29, 1.82) is 5.26 Å². The Balaban J connectivity index is 2.30. The molecule has 0 spiro atoms. The Labute approximate surface area is 134 Å². The normalized spacial score (nSPS) is 10.7. The molecule has 0 amide bonds. The summed E-state index contributed by atoms with van der Waals surface area (Å²) in [4.78, 5) is 10.7. The van der Waals surface area contributed by atoms with Crippen molar-refractivity contribution in [2.45, 2.75) is 26.3 Å². The van der Waals surface area contributed by atoms with E-state index in [0.717, 1.165) is 0 Å². The third kappa shape index (κ3) is 4.45. The molecule has 0 aliphatic heterocycles. The van der Waals surface area contributed by atoms with Gasteiger partial charge in [0.25, 0.3) is 5.69 Å². The smallest absolute Gasteiger partial charge is 0.292 e. The molecule has 0 atom stereocenters. The van der Waals surface area contributed by atoms with Crippen LogP contribution in [-0.2, 0) is 0 Å². The van der Waals surface area contributed by atoms with E-state index in [0.29, 0.717) is 22.7 Å². The molecule has 2 aromatic rings. The van der Waals surface area contributed by atoms with E-state index >= 15 is 0 Å². The van der Waals surface area contributed by atoms with Gasteiger partial charge in [0.1, 0.15) is 17.2 Å². The Morgan fingerprint density at radius 1 is 1.13 bits per heavy atom. The largest absolute Gasteiger partial charge is 0.457 e. The molecule has 0 aliphatic carbocycles. The summed E-state index contributed by atoms with van der Waals surface area (Å²) in [5, 5.41) is 23.0. The maximum absolute atomic E-state index is 11.1. The van der Waals surface area contributed by atoms with Gasteiger partial charge in [0.2, 0.25) is 0 Å². The molecule has 0 fully saturated rings. The number of nitrogens with one attached hydrogen (secondary N) is 1. The average Bonchev–Trinajstić information content (AvgIpc) is 2.46. The van der Waals surface area contributed by atoms with Crippen LogP contribution in [0.3, 0.4) is 0 Å². The molecule has 1 N–H and O–H groups in total. The second-order valence-corrected chi connectivity index (χ2v) is 6.05. The second-order valence-electron chi connectivity index (χ2n) is 6.05. The zero-order chi connectivity index (χ0) is 17.0. The van der Waals surface area contributed by atoms with Gasteiger partial charge in [0.15, 0.2) is 0 Å². The predicted octanol–water partition coefficient (Wildman–Crippen LogP) is 4.47. The summed E-state index contributed by atoms with van der Waals surface area (Å²) in [7, 11) is 0. The van der Waals surface area contributed by atoms with Crippen molar-refractivity contribution >= 4 is 11.4 Å². The van der Waals surface area contributed by atoms with E-state index in [1.807, 2.05) is 26.8 Å². The van der Waals surface area contributed by atoms with Crippen LogP contribution in [0.2, 0.25) is 0 Å². The number of rotatable bonds is 4. The van der Waals surface area contributed by atoms with Crippen LogP contribution in [0.1, 0.15) is 26.3 Å². The number of hydrogen-bond donors (Lipinski definition) is 1. The maximum Gasteiger partial charge on any atom is 0.292 e. The van der Waals surface area contributed by atoms with Crippen molar-refractivity contribution < 1.29 is 9.66 Å².